The van der Waals surface area contributed by atoms with Gasteiger partial charge < -0.3 is 14.6 Å². The smallest absolute Gasteiger partial charge is 0.341 e. The van der Waals surface area contributed by atoms with Gasteiger partial charge in [-0.3, -0.25) is 14.5 Å². The minimum atomic E-state index is -0.923. The molecule has 2 aromatic heterocycles. The van der Waals surface area contributed by atoms with E-state index in [0.29, 0.717) is 47.7 Å². The number of nitrogens with zero attached hydrogens (tertiary/aromatic N) is 3. The van der Waals surface area contributed by atoms with Crippen molar-refractivity contribution < 1.29 is 19.1 Å². The summed E-state index contributed by atoms with van der Waals surface area (Å²) >= 11 is 6.20. The number of rotatable bonds is 5. The van der Waals surface area contributed by atoms with E-state index < -0.39 is 11.4 Å². The molecule has 6 rings (SSSR count). The number of imide groups is 1. The molecule has 9 heteroatoms. The van der Waals surface area contributed by atoms with Gasteiger partial charge in [0.15, 0.2) is 0 Å². The summed E-state index contributed by atoms with van der Waals surface area (Å²) in [5, 5.41) is 1.39. The molecule has 39 heavy (non-hydrogen) atoms. The topological polar surface area (TPSA) is 95.6 Å². The maximum absolute atomic E-state index is 14.3. The SMILES string of the molecule is CCOC(=O)c1cnc2[nH]ccc2c1N1CCC(C(=O)N2Cc3ccccc3C2=O)(c2ccc(Cl)cc2)CC1. The van der Waals surface area contributed by atoms with Crippen LogP contribution < -0.4 is 4.90 Å². The van der Waals surface area contributed by atoms with Crippen molar-refractivity contribution in [2.75, 3.05) is 24.6 Å². The summed E-state index contributed by atoms with van der Waals surface area (Å²) in [4.78, 5) is 51.5. The van der Waals surface area contributed by atoms with Crippen molar-refractivity contribution in [2.45, 2.75) is 31.7 Å². The lowest BCUT2D eigenvalue weighted by Crippen LogP contribution is -2.53. The van der Waals surface area contributed by atoms with E-state index in [1.54, 1.807) is 37.5 Å². The number of aromatic amines is 1. The summed E-state index contributed by atoms with van der Waals surface area (Å²) in [6, 6.07) is 16.6. The van der Waals surface area contributed by atoms with Gasteiger partial charge in [-0.05, 0) is 55.2 Å². The van der Waals surface area contributed by atoms with Crippen molar-refractivity contribution in [3.05, 3.63) is 94.3 Å². The average Bonchev–Trinajstić information content (AvgIpc) is 3.57. The summed E-state index contributed by atoms with van der Waals surface area (Å²) in [6.45, 7) is 3.25. The Bertz CT molecular complexity index is 1590. The Labute approximate surface area is 230 Å². The first-order valence-electron chi connectivity index (χ1n) is 13.0. The van der Waals surface area contributed by atoms with Crippen LogP contribution in [0.15, 0.2) is 67.0 Å². The Morgan fingerprint density at radius 2 is 1.82 bits per heavy atom. The van der Waals surface area contributed by atoms with Crippen LogP contribution in [0.2, 0.25) is 5.02 Å². The maximum atomic E-state index is 14.3. The van der Waals surface area contributed by atoms with Crippen LogP contribution in [-0.4, -0.2) is 52.3 Å². The molecule has 0 atom stereocenters. The molecule has 1 fully saturated rings. The molecule has 2 aliphatic heterocycles. The predicted molar refractivity (Wildman–Crippen MR) is 148 cm³/mol. The second-order valence-electron chi connectivity index (χ2n) is 9.91. The summed E-state index contributed by atoms with van der Waals surface area (Å²) in [6.07, 6.45) is 4.23. The fourth-order valence-electron chi connectivity index (χ4n) is 5.88. The Morgan fingerprint density at radius 3 is 2.54 bits per heavy atom. The van der Waals surface area contributed by atoms with E-state index >= 15 is 0 Å². The van der Waals surface area contributed by atoms with E-state index in [4.69, 9.17) is 16.3 Å². The third-order valence-electron chi connectivity index (χ3n) is 7.86. The number of hydrogen-bond acceptors (Lipinski definition) is 6. The first-order chi connectivity index (χ1) is 18.9. The highest BCUT2D eigenvalue weighted by Gasteiger charge is 2.48. The minimum absolute atomic E-state index is 0.210. The van der Waals surface area contributed by atoms with Crippen molar-refractivity contribution in [1.82, 2.24) is 14.9 Å². The first kappa shape index (κ1) is 25.1. The minimum Gasteiger partial charge on any atom is -0.462 e. The third kappa shape index (κ3) is 4.15. The third-order valence-corrected chi connectivity index (χ3v) is 8.11. The van der Waals surface area contributed by atoms with Crippen LogP contribution in [0.25, 0.3) is 11.0 Å². The van der Waals surface area contributed by atoms with Crippen molar-refractivity contribution in [3.8, 4) is 0 Å². The fraction of sp³-hybridized carbons (Fsp3) is 0.267. The van der Waals surface area contributed by atoms with Crippen LogP contribution in [-0.2, 0) is 21.5 Å². The van der Waals surface area contributed by atoms with Gasteiger partial charge in [-0.1, -0.05) is 41.9 Å². The van der Waals surface area contributed by atoms with Gasteiger partial charge >= 0.3 is 5.97 Å². The number of amides is 2. The maximum Gasteiger partial charge on any atom is 0.341 e. The molecule has 0 unspecified atom stereocenters. The normalized spacial score (nSPS) is 16.4. The first-order valence-corrected chi connectivity index (χ1v) is 13.4. The summed E-state index contributed by atoms with van der Waals surface area (Å²) in [7, 11) is 0. The monoisotopic (exact) mass is 542 g/mol. The molecule has 1 N–H and O–H groups in total. The molecule has 0 saturated carbocycles. The van der Waals surface area contributed by atoms with Crippen LogP contribution >= 0.6 is 11.6 Å². The highest BCUT2D eigenvalue weighted by Crippen LogP contribution is 2.42. The largest absolute Gasteiger partial charge is 0.462 e. The molecular weight excluding hydrogens is 516 g/mol. The van der Waals surface area contributed by atoms with Gasteiger partial charge in [0.1, 0.15) is 11.2 Å². The highest BCUT2D eigenvalue weighted by atomic mass is 35.5. The molecule has 2 amide bonds. The van der Waals surface area contributed by atoms with Gasteiger partial charge in [0, 0.05) is 41.5 Å². The van der Waals surface area contributed by atoms with Gasteiger partial charge in [-0.25, -0.2) is 9.78 Å². The molecule has 4 heterocycles. The zero-order valence-corrected chi connectivity index (χ0v) is 22.2. The quantitative estimate of drug-likeness (QED) is 0.278. The number of anilines is 1. The molecule has 8 nitrogen and oxygen atoms in total. The number of ether oxygens (including phenoxy) is 1. The van der Waals surface area contributed by atoms with Crippen molar-refractivity contribution in [2.24, 2.45) is 0 Å². The Balaban J connectivity index is 1.37. The number of aromatic nitrogens is 2. The number of hydrogen-bond donors (Lipinski definition) is 1. The van der Waals surface area contributed by atoms with E-state index in [2.05, 4.69) is 14.9 Å². The Hall–Kier alpha value is -4.17. The Morgan fingerprint density at radius 1 is 1.08 bits per heavy atom. The molecule has 2 aromatic carbocycles. The van der Waals surface area contributed by atoms with Gasteiger partial charge in [0.05, 0.1) is 24.3 Å². The van der Waals surface area contributed by atoms with E-state index in [1.165, 1.54) is 4.90 Å². The van der Waals surface area contributed by atoms with Crippen molar-refractivity contribution in [3.63, 3.8) is 0 Å². The fourth-order valence-corrected chi connectivity index (χ4v) is 6.00. The number of fused-ring (bicyclic) bond motifs is 2. The number of carbonyl (C=O) groups is 3. The van der Waals surface area contributed by atoms with Gasteiger partial charge in [0.25, 0.3) is 5.91 Å². The molecule has 0 radical (unpaired) electrons. The van der Waals surface area contributed by atoms with E-state index in [0.717, 1.165) is 22.2 Å². The molecular formula is C30H27ClN4O4. The molecule has 0 spiro atoms. The van der Waals surface area contributed by atoms with Crippen LogP contribution in [0.3, 0.4) is 0 Å². The van der Waals surface area contributed by atoms with Crippen LogP contribution in [0.5, 0.6) is 0 Å². The standard InChI is InChI=1S/C30H27ClN4O4/c1-2-39-28(37)24-17-33-26-23(11-14-32-26)25(24)34-15-12-30(13-16-34,20-7-9-21(31)10-8-20)29(38)35-18-19-5-3-4-6-22(19)27(35)36/h3-11,14,17H,2,12-13,15-16,18H2,1H3,(H,32,33). The van der Waals surface area contributed by atoms with Crippen LogP contribution in [0.1, 0.15) is 51.6 Å². The number of piperidine rings is 1. The number of H-pyrrole nitrogens is 1. The van der Waals surface area contributed by atoms with Gasteiger partial charge in [-0.2, -0.15) is 0 Å². The number of carbonyl (C=O) groups excluding carboxylic acids is 3. The lowest BCUT2D eigenvalue weighted by atomic mass is 9.71. The van der Waals surface area contributed by atoms with Crippen LogP contribution in [0, 0.1) is 0 Å². The lowest BCUT2D eigenvalue weighted by molar-refractivity contribution is -0.135. The number of halogens is 1. The molecule has 0 bridgehead atoms. The second kappa shape index (κ2) is 9.85. The summed E-state index contributed by atoms with van der Waals surface area (Å²) < 4.78 is 5.33. The van der Waals surface area contributed by atoms with Gasteiger partial charge in [0.2, 0.25) is 5.91 Å². The molecule has 4 aromatic rings. The number of nitrogens with one attached hydrogen (secondary N) is 1. The second-order valence-corrected chi connectivity index (χ2v) is 10.3. The number of pyridine rings is 1. The van der Waals surface area contributed by atoms with E-state index in [1.807, 2.05) is 36.4 Å². The number of benzene rings is 2. The molecule has 198 valence electrons. The highest BCUT2D eigenvalue weighted by molar-refractivity contribution is 6.30. The van der Waals surface area contributed by atoms with Crippen LogP contribution in [0.4, 0.5) is 5.69 Å². The lowest BCUT2D eigenvalue weighted by Gasteiger charge is -2.43. The Kier molecular flexibility index (Phi) is 6.35. The molecule has 2 aliphatic rings. The van der Waals surface area contributed by atoms with Gasteiger partial charge in [-0.15, -0.1) is 0 Å². The zero-order chi connectivity index (χ0) is 27.1. The van der Waals surface area contributed by atoms with E-state index in [-0.39, 0.29) is 25.0 Å². The summed E-state index contributed by atoms with van der Waals surface area (Å²) in [5.41, 5.74) is 3.12. The predicted octanol–water partition coefficient (Wildman–Crippen LogP) is 5.11. The van der Waals surface area contributed by atoms with Crippen molar-refractivity contribution >= 4 is 46.1 Å². The number of esters is 1. The average molecular weight is 543 g/mol. The van der Waals surface area contributed by atoms with Crippen molar-refractivity contribution in [1.29, 1.82) is 0 Å². The molecule has 0 aliphatic carbocycles. The van der Waals surface area contributed by atoms with E-state index in [9.17, 15) is 14.4 Å². The zero-order valence-electron chi connectivity index (χ0n) is 21.4. The molecule has 1 saturated heterocycles. The summed E-state index contributed by atoms with van der Waals surface area (Å²) in [5.74, 6) is -0.911.